The van der Waals surface area contributed by atoms with Crippen molar-refractivity contribution in [1.82, 2.24) is 9.97 Å². The van der Waals surface area contributed by atoms with Crippen molar-refractivity contribution in [2.45, 2.75) is 32.2 Å². The van der Waals surface area contributed by atoms with Gasteiger partial charge in [-0.15, -0.1) is 0 Å². The second-order valence-electron chi connectivity index (χ2n) is 4.83. The van der Waals surface area contributed by atoms with Crippen LogP contribution in [0.15, 0.2) is 36.7 Å². The third kappa shape index (κ3) is 3.16. The van der Waals surface area contributed by atoms with Crippen LogP contribution in [0.3, 0.4) is 0 Å². The Hall–Kier alpha value is -2.48. The first-order valence-corrected chi connectivity index (χ1v) is 6.90. The van der Waals surface area contributed by atoms with E-state index in [0.717, 1.165) is 18.4 Å². The van der Waals surface area contributed by atoms with Gasteiger partial charge >= 0.3 is 0 Å². The predicted octanol–water partition coefficient (Wildman–Crippen LogP) is 3.61. The number of nitriles is 1. The van der Waals surface area contributed by atoms with Crippen LogP contribution in [-0.4, -0.2) is 9.97 Å². The quantitative estimate of drug-likeness (QED) is 0.911. The molecule has 5 heteroatoms. The van der Waals surface area contributed by atoms with Crippen molar-refractivity contribution in [2.24, 2.45) is 0 Å². The maximum atomic E-state index is 13.1. The maximum absolute atomic E-state index is 13.1. The summed E-state index contributed by atoms with van der Waals surface area (Å²) in [5.74, 6) is 0.205. The normalized spacial score (nSPS) is 11.0. The lowest BCUT2D eigenvalue weighted by Gasteiger charge is -2.33. The molecule has 1 N–H and O–H groups in total. The van der Waals surface area contributed by atoms with Gasteiger partial charge in [-0.1, -0.05) is 26.0 Å². The number of aromatic nitrogens is 2. The summed E-state index contributed by atoms with van der Waals surface area (Å²) in [6.07, 6.45) is 4.57. The SMILES string of the molecule is CCC(CC)(Nc1ncc(C#N)cn1)c1ccc(F)cc1. The van der Waals surface area contributed by atoms with Crippen LogP contribution in [-0.2, 0) is 5.54 Å². The van der Waals surface area contributed by atoms with Crippen molar-refractivity contribution >= 4 is 5.95 Å². The van der Waals surface area contributed by atoms with Crippen molar-refractivity contribution < 1.29 is 4.39 Å². The third-order valence-electron chi connectivity index (χ3n) is 3.74. The minimum Gasteiger partial charge on any atom is -0.345 e. The number of rotatable bonds is 5. The smallest absolute Gasteiger partial charge is 0.223 e. The summed E-state index contributed by atoms with van der Waals surface area (Å²) in [6, 6.07) is 8.45. The van der Waals surface area contributed by atoms with E-state index in [1.165, 1.54) is 24.5 Å². The Morgan fingerprint density at radius 2 is 1.71 bits per heavy atom. The highest BCUT2D eigenvalue weighted by Gasteiger charge is 2.29. The molecule has 2 aromatic rings. The first-order chi connectivity index (χ1) is 10.1. The van der Waals surface area contributed by atoms with E-state index in [1.807, 2.05) is 6.07 Å². The van der Waals surface area contributed by atoms with E-state index in [2.05, 4.69) is 29.1 Å². The highest BCUT2D eigenvalue weighted by Crippen LogP contribution is 2.32. The zero-order valence-corrected chi connectivity index (χ0v) is 12.1. The van der Waals surface area contributed by atoms with Crippen molar-refractivity contribution in [3.8, 4) is 6.07 Å². The highest BCUT2D eigenvalue weighted by molar-refractivity contribution is 5.38. The maximum Gasteiger partial charge on any atom is 0.223 e. The van der Waals surface area contributed by atoms with Gasteiger partial charge in [-0.05, 0) is 30.5 Å². The molecule has 0 fully saturated rings. The van der Waals surface area contributed by atoms with Crippen LogP contribution < -0.4 is 5.32 Å². The Balaban J connectivity index is 2.33. The van der Waals surface area contributed by atoms with Crippen molar-refractivity contribution in [3.05, 3.63) is 53.6 Å². The largest absolute Gasteiger partial charge is 0.345 e. The molecular weight excluding hydrogens is 267 g/mol. The van der Waals surface area contributed by atoms with Crippen LogP contribution in [0.4, 0.5) is 10.3 Å². The van der Waals surface area contributed by atoms with E-state index in [1.54, 1.807) is 12.1 Å². The Bertz CT molecular complexity index is 625. The summed E-state index contributed by atoms with van der Waals surface area (Å²) in [5.41, 5.74) is 1.05. The van der Waals surface area contributed by atoms with Gasteiger partial charge in [0.15, 0.2) is 0 Å². The fraction of sp³-hybridized carbons (Fsp3) is 0.312. The Morgan fingerprint density at radius 1 is 1.14 bits per heavy atom. The van der Waals surface area contributed by atoms with Gasteiger partial charge in [-0.3, -0.25) is 0 Å². The molecule has 0 aliphatic heterocycles. The fourth-order valence-corrected chi connectivity index (χ4v) is 2.34. The molecule has 0 saturated heterocycles. The summed E-state index contributed by atoms with van der Waals surface area (Å²) >= 11 is 0. The number of hydrogen-bond donors (Lipinski definition) is 1. The molecule has 21 heavy (non-hydrogen) atoms. The molecule has 2 rings (SSSR count). The fourth-order valence-electron chi connectivity index (χ4n) is 2.34. The van der Waals surface area contributed by atoms with Crippen LogP contribution in [0, 0.1) is 17.1 Å². The van der Waals surface area contributed by atoms with Gasteiger partial charge in [-0.2, -0.15) is 5.26 Å². The van der Waals surface area contributed by atoms with Gasteiger partial charge in [0.25, 0.3) is 0 Å². The Labute approximate surface area is 123 Å². The van der Waals surface area contributed by atoms with Gasteiger partial charge in [-0.25, -0.2) is 14.4 Å². The van der Waals surface area contributed by atoms with Gasteiger partial charge in [0.1, 0.15) is 11.9 Å². The number of benzene rings is 1. The van der Waals surface area contributed by atoms with Gasteiger partial charge < -0.3 is 5.32 Å². The van der Waals surface area contributed by atoms with Gasteiger partial charge in [0.2, 0.25) is 5.95 Å². The monoisotopic (exact) mass is 284 g/mol. The summed E-state index contributed by atoms with van der Waals surface area (Å²) in [4.78, 5) is 8.31. The zero-order valence-electron chi connectivity index (χ0n) is 12.1. The number of hydrogen-bond acceptors (Lipinski definition) is 4. The van der Waals surface area contributed by atoms with Crippen LogP contribution in [0.1, 0.15) is 37.8 Å². The number of nitrogens with one attached hydrogen (secondary N) is 1. The summed E-state index contributed by atoms with van der Waals surface area (Å²) in [7, 11) is 0. The number of anilines is 1. The minimum atomic E-state index is -0.359. The standard InChI is InChI=1S/C16H17FN4/c1-3-16(4-2,13-5-7-14(17)8-6-13)21-15-19-10-12(9-18)11-20-15/h5-8,10-11H,3-4H2,1-2H3,(H,19,20,21). The van der Waals surface area contributed by atoms with Crippen molar-refractivity contribution in [2.75, 3.05) is 5.32 Å². The summed E-state index contributed by atoms with van der Waals surface area (Å²) < 4.78 is 13.1. The molecule has 0 atom stereocenters. The highest BCUT2D eigenvalue weighted by atomic mass is 19.1. The molecule has 0 aliphatic carbocycles. The van der Waals surface area contributed by atoms with Crippen molar-refractivity contribution in [3.63, 3.8) is 0 Å². The van der Waals surface area contributed by atoms with Crippen LogP contribution in [0.25, 0.3) is 0 Å². The molecule has 0 unspecified atom stereocenters. The Kier molecular flexibility index (Phi) is 4.49. The molecular formula is C16H17FN4. The lowest BCUT2D eigenvalue weighted by Crippen LogP contribution is -2.34. The molecule has 4 nitrogen and oxygen atoms in total. The molecule has 0 radical (unpaired) electrons. The van der Waals surface area contributed by atoms with Crippen molar-refractivity contribution in [1.29, 1.82) is 5.26 Å². The molecule has 0 saturated carbocycles. The molecule has 0 amide bonds. The number of nitrogens with zero attached hydrogens (tertiary/aromatic N) is 3. The topological polar surface area (TPSA) is 61.6 Å². The van der Waals surface area contributed by atoms with E-state index in [4.69, 9.17) is 5.26 Å². The van der Waals surface area contributed by atoms with Crippen LogP contribution in [0.5, 0.6) is 0 Å². The first kappa shape index (κ1) is 14.9. The van der Waals surface area contributed by atoms with Crippen LogP contribution >= 0.6 is 0 Å². The zero-order chi connectivity index (χ0) is 15.3. The minimum absolute atomic E-state index is 0.255. The summed E-state index contributed by atoms with van der Waals surface area (Å²) in [6.45, 7) is 4.12. The third-order valence-corrected chi connectivity index (χ3v) is 3.74. The van der Waals surface area contributed by atoms with E-state index >= 15 is 0 Å². The number of halogens is 1. The Morgan fingerprint density at radius 3 is 2.19 bits per heavy atom. The van der Waals surface area contributed by atoms with E-state index < -0.39 is 0 Å². The lowest BCUT2D eigenvalue weighted by atomic mass is 9.85. The van der Waals surface area contributed by atoms with Gasteiger partial charge in [0.05, 0.1) is 23.5 Å². The molecule has 0 bridgehead atoms. The average Bonchev–Trinajstić information content (AvgIpc) is 2.54. The lowest BCUT2D eigenvalue weighted by molar-refractivity contribution is 0.450. The molecule has 0 spiro atoms. The average molecular weight is 284 g/mol. The predicted molar refractivity (Wildman–Crippen MR) is 79.0 cm³/mol. The molecule has 1 aromatic heterocycles. The van der Waals surface area contributed by atoms with Gasteiger partial charge in [0, 0.05) is 0 Å². The van der Waals surface area contributed by atoms with Crippen LogP contribution in [0.2, 0.25) is 0 Å². The molecule has 108 valence electrons. The molecule has 0 aliphatic rings. The van der Waals surface area contributed by atoms with E-state index in [0.29, 0.717) is 11.5 Å². The van der Waals surface area contributed by atoms with E-state index in [-0.39, 0.29) is 11.4 Å². The molecule has 1 aromatic carbocycles. The second-order valence-corrected chi connectivity index (χ2v) is 4.83. The molecule has 1 heterocycles. The second kappa shape index (κ2) is 6.31. The summed E-state index contributed by atoms with van der Waals surface area (Å²) in [5, 5.41) is 12.1. The first-order valence-electron chi connectivity index (χ1n) is 6.90. The van der Waals surface area contributed by atoms with E-state index in [9.17, 15) is 4.39 Å².